The van der Waals surface area contributed by atoms with E-state index in [9.17, 15) is 14.9 Å². The number of nitrogens with zero attached hydrogens (tertiary/aromatic N) is 1. The summed E-state index contributed by atoms with van der Waals surface area (Å²) in [6.07, 6.45) is 2.90. The lowest BCUT2D eigenvalue weighted by Gasteiger charge is -2.19. The molecule has 0 bridgehead atoms. The second-order valence-corrected chi connectivity index (χ2v) is 5.07. The first-order valence-corrected chi connectivity index (χ1v) is 6.73. The third-order valence-electron chi connectivity index (χ3n) is 3.56. The fourth-order valence-corrected chi connectivity index (χ4v) is 2.43. The van der Waals surface area contributed by atoms with Gasteiger partial charge >= 0.3 is 5.97 Å². The second kappa shape index (κ2) is 6.27. The van der Waals surface area contributed by atoms with Crippen LogP contribution in [0.4, 0.5) is 5.69 Å². The summed E-state index contributed by atoms with van der Waals surface area (Å²) in [5, 5.41) is 20.5. The van der Waals surface area contributed by atoms with E-state index in [-0.39, 0.29) is 5.91 Å². The van der Waals surface area contributed by atoms with E-state index in [0.717, 1.165) is 12.8 Å². The Labute approximate surface area is 122 Å². The number of anilines is 1. The fraction of sp³-hybridized carbons (Fsp3) is 0.400. The highest BCUT2D eigenvalue weighted by molar-refractivity contribution is 5.97. The number of hydrogen-bond acceptors (Lipinski definition) is 4. The van der Waals surface area contributed by atoms with Crippen LogP contribution in [0.2, 0.25) is 0 Å². The Bertz CT molecular complexity index is 586. The van der Waals surface area contributed by atoms with Gasteiger partial charge in [-0.15, -0.1) is 0 Å². The van der Waals surface area contributed by atoms with Gasteiger partial charge in [-0.1, -0.05) is 18.9 Å². The molecule has 2 rings (SSSR count). The molecule has 110 valence electrons. The Hall–Kier alpha value is -2.55. The molecular formula is C15H16N2O4. The van der Waals surface area contributed by atoms with Crippen molar-refractivity contribution in [1.29, 1.82) is 5.26 Å². The molecule has 1 saturated carbocycles. The van der Waals surface area contributed by atoms with Gasteiger partial charge in [-0.25, -0.2) is 4.79 Å². The minimum Gasteiger partial charge on any atom is -0.482 e. The van der Waals surface area contributed by atoms with Gasteiger partial charge in [0.25, 0.3) is 0 Å². The minimum atomic E-state index is -1.07. The molecule has 1 aromatic carbocycles. The van der Waals surface area contributed by atoms with Gasteiger partial charge in [0.05, 0.1) is 6.07 Å². The molecule has 0 unspecified atom stereocenters. The Morgan fingerprint density at radius 3 is 2.71 bits per heavy atom. The van der Waals surface area contributed by atoms with Crippen LogP contribution < -0.4 is 10.1 Å². The molecule has 0 aromatic heterocycles. The van der Waals surface area contributed by atoms with Crippen molar-refractivity contribution in [2.75, 3.05) is 11.9 Å². The maximum Gasteiger partial charge on any atom is 0.341 e. The standard InChI is InChI=1S/C15H16N2O4/c16-10-15(6-1-2-7-15)14(20)17-11-4-3-5-12(8-11)21-9-13(18)19/h3-5,8H,1-2,6-7,9H2,(H,17,20)(H,18,19). The second-order valence-electron chi connectivity index (χ2n) is 5.07. The lowest BCUT2D eigenvalue weighted by atomic mass is 9.87. The molecule has 0 aliphatic heterocycles. The summed E-state index contributed by atoms with van der Waals surface area (Å²) in [5.74, 6) is -1.02. The lowest BCUT2D eigenvalue weighted by molar-refractivity contribution is -0.139. The molecule has 1 aliphatic rings. The molecule has 1 amide bonds. The van der Waals surface area contributed by atoms with E-state index >= 15 is 0 Å². The van der Waals surface area contributed by atoms with Crippen molar-refractivity contribution in [2.45, 2.75) is 25.7 Å². The van der Waals surface area contributed by atoms with Gasteiger partial charge in [0.1, 0.15) is 11.2 Å². The number of ether oxygens (including phenoxy) is 1. The number of nitriles is 1. The van der Waals surface area contributed by atoms with Crippen LogP contribution in [0, 0.1) is 16.7 Å². The number of hydrogen-bond donors (Lipinski definition) is 2. The molecule has 0 atom stereocenters. The molecule has 0 spiro atoms. The summed E-state index contributed by atoms with van der Waals surface area (Å²) < 4.78 is 5.05. The predicted octanol–water partition coefficient (Wildman–Crippen LogP) is 2.17. The van der Waals surface area contributed by atoms with Gasteiger partial charge in [-0.3, -0.25) is 4.79 Å². The molecule has 0 saturated heterocycles. The summed E-state index contributed by atoms with van der Waals surface area (Å²) in [5.41, 5.74) is -0.456. The molecular weight excluding hydrogens is 272 g/mol. The zero-order valence-electron chi connectivity index (χ0n) is 11.5. The predicted molar refractivity (Wildman–Crippen MR) is 74.7 cm³/mol. The maximum atomic E-state index is 12.3. The van der Waals surface area contributed by atoms with Crippen molar-refractivity contribution in [3.63, 3.8) is 0 Å². The number of carbonyl (C=O) groups is 2. The molecule has 1 aliphatic carbocycles. The molecule has 2 N–H and O–H groups in total. The van der Waals surface area contributed by atoms with Crippen LogP contribution in [-0.2, 0) is 9.59 Å². The number of carboxylic acid groups (broad SMARTS) is 1. The van der Waals surface area contributed by atoms with Gasteiger partial charge < -0.3 is 15.2 Å². The summed E-state index contributed by atoms with van der Waals surface area (Å²) in [6.45, 7) is -0.445. The highest BCUT2D eigenvalue weighted by Crippen LogP contribution is 2.38. The van der Waals surface area contributed by atoms with Crippen LogP contribution in [0.15, 0.2) is 24.3 Å². The van der Waals surface area contributed by atoms with Crippen LogP contribution >= 0.6 is 0 Å². The van der Waals surface area contributed by atoms with Crippen molar-refractivity contribution >= 4 is 17.6 Å². The number of nitrogens with one attached hydrogen (secondary N) is 1. The fourth-order valence-electron chi connectivity index (χ4n) is 2.43. The summed E-state index contributed by atoms with van der Waals surface area (Å²) in [4.78, 5) is 22.7. The number of rotatable bonds is 5. The Balaban J connectivity index is 2.06. The van der Waals surface area contributed by atoms with E-state index in [2.05, 4.69) is 11.4 Å². The molecule has 6 nitrogen and oxygen atoms in total. The monoisotopic (exact) mass is 288 g/mol. The quantitative estimate of drug-likeness (QED) is 0.865. The van der Waals surface area contributed by atoms with E-state index in [4.69, 9.17) is 9.84 Å². The van der Waals surface area contributed by atoms with Crippen LogP contribution in [0.3, 0.4) is 0 Å². The number of amides is 1. The Morgan fingerprint density at radius 2 is 2.10 bits per heavy atom. The first-order chi connectivity index (χ1) is 10.1. The van der Waals surface area contributed by atoms with E-state index in [0.29, 0.717) is 24.3 Å². The van der Waals surface area contributed by atoms with Gasteiger partial charge in [0, 0.05) is 11.8 Å². The van der Waals surface area contributed by atoms with Crippen molar-refractivity contribution < 1.29 is 19.4 Å². The van der Waals surface area contributed by atoms with Crippen LogP contribution in [0.1, 0.15) is 25.7 Å². The van der Waals surface area contributed by atoms with Gasteiger partial charge in [0.2, 0.25) is 5.91 Å². The Kier molecular flexibility index (Phi) is 4.43. The van der Waals surface area contributed by atoms with Crippen molar-refractivity contribution in [3.05, 3.63) is 24.3 Å². The topological polar surface area (TPSA) is 99.4 Å². The van der Waals surface area contributed by atoms with Crippen molar-refractivity contribution in [1.82, 2.24) is 0 Å². The first kappa shape index (κ1) is 14.9. The third kappa shape index (κ3) is 3.51. The maximum absolute atomic E-state index is 12.3. The molecule has 6 heteroatoms. The molecule has 21 heavy (non-hydrogen) atoms. The third-order valence-corrected chi connectivity index (χ3v) is 3.56. The van der Waals surface area contributed by atoms with E-state index < -0.39 is 18.0 Å². The van der Waals surface area contributed by atoms with Crippen LogP contribution in [0.25, 0.3) is 0 Å². The molecule has 1 fully saturated rings. The number of aliphatic carboxylic acids is 1. The smallest absolute Gasteiger partial charge is 0.341 e. The SMILES string of the molecule is N#CC1(C(=O)Nc2cccc(OCC(=O)O)c2)CCCC1. The van der Waals surface area contributed by atoms with E-state index in [1.807, 2.05) is 0 Å². The van der Waals surface area contributed by atoms with Gasteiger partial charge in [0.15, 0.2) is 6.61 Å². The number of carboxylic acids is 1. The highest BCUT2D eigenvalue weighted by atomic mass is 16.5. The zero-order valence-corrected chi connectivity index (χ0v) is 11.5. The van der Waals surface area contributed by atoms with Crippen molar-refractivity contribution in [3.8, 4) is 11.8 Å². The number of carbonyl (C=O) groups excluding carboxylic acids is 1. The lowest BCUT2D eigenvalue weighted by Crippen LogP contribution is -2.32. The summed E-state index contributed by atoms with van der Waals surface area (Å²) >= 11 is 0. The van der Waals surface area contributed by atoms with Gasteiger partial charge in [-0.05, 0) is 25.0 Å². The van der Waals surface area contributed by atoms with E-state index in [1.165, 1.54) is 0 Å². The van der Waals surface area contributed by atoms with E-state index in [1.54, 1.807) is 24.3 Å². The Morgan fingerprint density at radius 1 is 1.38 bits per heavy atom. The number of benzene rings is 1. The van der Waals surface area contributed by atoms with Crippen LogP contribution in [0.5, 0.6) is 5.75 Å². The highest BCUT2D eigenvalue weighted by Gasteiger charge is 2.41. The minimum absolute atomic E-state index is 0.308. The van der Waals surface area contributed by atoms with Gasteiger partial charge in [-0.2, -0.15) is 5.26 Å². The first-order valence-electron chi connectivity index (χ1n) is 6.73. The largest absolute Gasteiger partial charge is 0.482 e. The van der Waals surface area contributed by atoms with Crippen LogP contribution in [-0.4, -0.2) is 23.6 Å². The average molecular weight is 288 g/mol. The molecule has 0 heterocycles. The average Bonchev–Trinajstić information content (AvgIpc) is 2.96. The van der Waals surface area contributed by atoms with Crippen molar-refractivity contribution in [2.24, 2.45) is 5.41 Å². The summed E-state index contributed by atoms with van der Waals surface area (Å²) in [7, 11) is 0. The normalized spacial score (nSPS) is 16.0. The summed E-state index contributed by atoms with van der Waals surface area (Å²) in [6, 6.07) is 8.60. The molecule has 0 radical (unpaired) electrons. The molecule has 1 aromatic rings. The zero-order chi connectivity index (χ0) is 15.3.